The summed E-state index contributed by atoms with van der Waals surface area (Å²) < 4.78 is 1.52. The van der Waals surface area contributed by atoms with E-state index in [2.05, 4.69) is 10.4 Å². The van der Waals surface area contributed by atoms with Crippen LogP contribution >= 0.6 is 0 Å². The first-order valence-electron chi connectivity index (χ1n) is 6.92. The van der Waals surface area contributed by atoms with Gasteiger partial charge < -0.3 is 16.0 Å². The number of aryl methyl sites for hydroxylation is 1. The van der Waals surface area contributed by atoms with Crippen molar-refractivity contribution in [2.24, 2.45) is 13.0 Å². The van der Waals surface area contributed by atoms with E-state index in [1.54, 1.807) is 7.05 Å². The van der Waals surface area contributed by atoms with Crippen molar-refractivity contribution in [3.63, 3.8) is 0 Å². The van der Waals surface area contributed by atoms with E-state index in [0.29, 0.717) is 36.8 Å². The Kier molecular flexibility index (Phi) is 3.11. The fraction of sp³-hybridized carbons (Fsp3) is 0.615. The van der Waals surface area contributed by atoms with E-state index in [0.717, 1.165) is 12.8 Å². The monoisotopic (exact) mass is 277 g/mol. The predicted molar refractivity (Wildman–Crippen MR) is 72.8 cm³/mol. The van der Waals surface area contributed by atoms with E-state index in [1.807, 2.05) is 4.90 Å². The van der Waals surface area contributed by atoms with Gasteiger partial charge in [-0.3, -0.25) is 14.3 Å². The maximum atomic E-state index is 12.5. The summed E-state index contributed by atoms with van der Waals surface area (Å²) in [6.07, 6.45) is 3.71. The van der Waals surface area contributed by atoms with Gasteiger partial charge in [-0.15, -0.1) is 0 Å². The van der Waals surface area contributed by atoms with Crippen LogP contribution in [0.15, 0.2) is 6.20 Å². The lowest BCUT2D eigenvalue weighted by Crippen LogP contribution is -2.55. The number of carbonyl (C=O) groups is 2. The van der Waals surface area contributed by atoms with Crippen LogP contribution in [0.25, 0.3) is 0 Å². The number of amides is 2. The number of nitrogens with one attached hydrogen (secondary N) is 1. The summed E-state index contributed by atoms with van der Waals surface area (Å²) in [6, 6.07) is 0.212. The van der Waals surface area contributed by atoms with Gasteiger partial charge in [-0.05, 0) is 18.8 Å². The number of nitrogens with zero attached hydrogens (tertiary/aromatic N) is 3. The molecule has 2 aliphatic heterocycles. The van der Waals surface area contributed by atoms with Gasteiger partial charge in [0, 0.05) is 32.6 Å². The molecule has 20 heavy (non-hydrogen) atoms. The van der Waals surface area contributed by atoms with Crippen LogP contribution in [0.4, 0.5) is 5.69 Å². The van der Waals surface area contributed by atoms with Gasteiger partial charge in [0.25, 0.3) is 5.91 Å². The Hall–Kier alpha value is -2.05. The Balaban J connectivity index is 1.73. The van der Waals surface area contributed by atoms with Crippen molar-refractivity contribution in [1.29, 1.82) is 0 Å². The van der Waals surface area contributed by atoms with Crippen molar-refractivity contribution >= 4 is 17.5 Å². The molecule has 3 N–H and O–H groups in total. The molecule has 3 heterocycles. The Morgan fingerprint density at radius 3 is 3.00 bits per heavy atom. The number of carbonyl (C=O) groups excluding carboxylic acids is 2. The topological polar surface area (TPSA) is 93.2 Å². The number of piperidine rings is 2. The van der Waals surface area contributed by atoms with Crippen molar-refractivity contribution in [3.05, 3.63) is 11.9 Å². The molecule has 2 atom stereocenters. The second-order valence-corrected chi connectivity index (χ2v) is 5.58. The Labute approximate surface area is 117 Å². The number of hydrogen-bond acceptors (Lipinski definition) is 4. The second kappa shape index (κ2) is 4.81. The van der Waals surface area contributed by atoms with Crippen LogP contribution in [-0.4, -0.2) is 45.6 Å². The molecule has 1 aromatic heterocycles. The van der Waals surface area contributed by atoms with Crippen molar-refractivity contribution in [2.75, 3.05) is 18.8 Å². The number of anilines is 1. The van der Waals surface area contributed by atoms with Crippen LogP contribution in [0.3, 0.4) is 0 Å². The molecular weight excluding hydrogens is 258 g/mol. The molecule has 7 nitrogen and oxygen atoms in total. The second-order valence-electron chi connectivity index (χ2n) is 5.58. The molecular formula is C13H19N5O2. The first-order chi connectivity index (χ1) is 9.56. The van der Waals surface area contributed by atoms with Crippen molar-refractivity contribution in [1.82, 2.24) is 20.0 Å². The standard InChI is InChI=1S/C13H19N5O2/c1-17-12(9(14)6-15-17)13(20)18-5-4-10-8(7-18)2-3-11(19)16-10/h6,8,10H,2-5,7,14H2,1H3,(H,16,19). The molecule has 0 bridgehead atoms. The van der Waals surface area contributed by atoms with E-state index in [4.69, 9.17) is 5.73 Å². The zero-order chi connectivity index (χ0) is 14.3. The van der Waals surface area contributed by atoms with Crippen LogP contribution in [0.5, 0.6) is 0 Å². The van der Waals surface area contributed by atoms with Gasteiger partial charge in [0.2, 0.25) is 5.91 Å². The number of nitrogens with two attached hydrogens (primary N) is 1. The maximum Gasteiger partial charge on any atom is 0.274 e. The van der Waals surface area contributed by atoms with Crippen molar-refractivity contribution in [3.8, 4) is 0 Å². The third kappa shape index (κ3) is 2.13. The molecule has 1 aromatic rings. The lowest BCUT2D eigenvalue weighted by Gasteiger charge is -2.41. The number of rotatable bonds is 1. The normalized spacial score (nSPS) is 26.1. The molecule has 2 amide bonds. The average molecular weight is 277 g/mol. The zero-order valence-corrected chi connectivity index (χ0v) is 11.5. The van der Waals surface area contributed by atoms with E-state index >= 15 is 0 Å². The molecule has 2 unspecified atom stereocenters. The lowest BCUT2D eigenvalue weighted by atomic mass is 9.85. The average Bonchev–Trinajstić information content (AvgIpc) is 2.77. The van der Waals surface area contributed by atoms with E-state index in [-0.39, 0.29) is 17.9 Å². The first kappa shape index (κ1) is 13.0. The molecule has 0 aliphatic carbocycles. The largest absolute Gasteiger partial charge is 0.396 e. The minimum absolute atomic E-state index is 0.0714. The number of fused-ring (bicyclic) bond motifs is 1. The summed E-state index contributed by atoms with van der Waals surface area (Å²) in [6.45, 7) is 1.32. The number of aromatic nitrogens is 2. The molecule has 0 aromatic carbocycles. The summed E-state index contributed by atoms with van der Waals surface area (Å²) in [4.78, 5) is 25.8. The summed E-state index contributed by atoms with van der Waals surface area (Å²) in [7, 11) is 1.72. The molecule has 7 heteroatoms. The summed E-state index contributed by atoms with van der Waals surface area (Å²) in [5.74, 6) is 0.402. The third-order valence-corrected chi connectivity index (χ3v) is 4.28. The molecule has 0 saturated carbocycles. The number of nitrogen functional groups attached to an aromatic ring is 1. The fourth-order valence-corrected chi connectivity index (χ4v) is 3.16. The van der Waals surface area contributed by atoms with Gasteiger partial charge >= 0.3 is 0 Å². The van der Waals surface area contributed by atoms with Gasteiger partial charge in [-0.25, -0.2) is 0 Å². The molecule has 0 spiro atoms. The minimum atomic E-state index is -0.0714. The van der Waals surface area contributed by atoms with Crippen LogP contribution in [0.1, 0.15) is 29.8 Å². The highest BCUT2D eigenvalue weighted by atomic mass is 16.2. The summed E-state index contributed by atoms with van der Waals surface area (Å²) in [5.41, 5.74) is 6.67. The van der Waals surface area contributed by atoms with Crippen LogP contribution in [0.2, 0.25) is 0 Å². The molecule has 3 rings (SSSR count). The number of likely N-dealkylation sites (tertiary alicyclic amines) is 1. The fourth-order valence-electron chi connectivity index (χ4n) is 3.16. The van der Waals surface area contributed by atoms with Gasteiger partial charge in [-0.2, -0.15) is 5.10 Å². The third-order valence-electron chi connectivity index (χ3n) is 4.28. The highest BCUT2D eigenvalue weighted by Crippen LogP contribution is 2.26. The molecule has 0 radical (unpaired) electrons. The Morgan fingerprint density at radius 1 is 1.50 bits per heavy atom. The Bertz CT molecular complexity index is 533. The quantitative estimate of drug-likeness (QED) is 0.740. The molecule has 2 saturated heterocycles. The van der Waals surface area contributed by atoms with Crippen LogP contribution < -0.4 is 11.1 Å². The molecule has 108 valence electrons. The van der Waals surface area contributed by atoms with Gasteiger partial charge in [0.15, 0.2) is 0 Å². The Morgan fingerprint density at radius 2 is 2.30 bits per heavy atom. The first-order valence-corrected chi connectivity index (χ1v) is 6.92. The highest BCUT2D eigenvalue weighted by molar-refractivity contribution is 5.97. The summed E-state index contributed by atoms with van der Waals surface area (Å²) in [5, 5.41) is 7.03. The zero-order valence-electron chi connectivity index (χ0n) is 11.5. The SMILES string of the molecule is Cn1ncc(N)c1C(=O)N1CCC2NC(=O)CCC2C1. The van der Waals surface area contributed by atoms with Crippen molar-refractivity contribution in [2.45, 2.75) is 25.3 Å². The maximum absolute atomic E-state index is 12.5. The molecule has 2 fully saturated rings. The van der Waals surface area contributed by atoms with Crippen molar-refractivity contribution < 1.29 is 9.59 Å². The van der Waals surface area contributed by atoms with E-state index in [9.17, 15) is 9.59 Å². The van der Waals surface area contributed by atoms with E-state index < -0.39 is 0 Å². The minimum Gasteiger partial charge on any atom is -0.396 e. The predicted octanol–water partition coefficient (Wildman–Crippen LogP) is -0.257. The summed E-state index contributed by atoms with van der Waals surface area (Å²) >= 11 is 0. The van der Waals surface area contributed by atoms with Gasteiger partial charge in [0.1, 0.15) is 5.69 Å². The van der Waals surface area contributed by atoms with Crippen LogP contribution in [0, 0.1) is 5.92 Å². The molecule has 2 aliphatic rings. The van der Waals surface area contributed by atoms with Crippen LogP contribution in [-0.2, 0) is 11.8 Å². The van der Waals surface area contributed by atoms with E-state index in [1.165, 1.54) is 10.9 Å². The van der Waals surface area contributed by atoms with Gasteiger partial charge in [-0.1, -0.05) is 0 Å². The smallest absolute Gasteiger partial charge is 0.274 e. The number of hydrogen-bond donors (Lipinski definition) is 2. The highest BCUT2D eigenvalue weighted by Gasteiger charge is 2.36. The van der Waals surface area contributed by atoms with Gasteiger partial charge in [0.05, 0.1) is 11.9 Å². The lowest BCUT2D eigenvalue weighted by molar-refractivity contribution is -0.125.